The fourth-order valence-electron chi connectivity index (χ4n) is 1.73. The molecule has 0 saturated carbocycles. The first-order chi connectivity index (χ1) is 7.41. The van der Waals surface area contributed by atoms with E-state index in [2.05, 4.69) is 4.98 Å². The SMILES string of the molecule is Cc1ccncc1C1CC(=O)N1S(=O)(=O)Cl. The van der Waals surface area contributed by atoms with Crippen molar-refractivity contribution in [2.24, 2.45) is 0 Å². The van der Waals surface area contributed by atoms with Crippen molar-refractivity contribution in [3.63, 3.8) is 0 Å². The third-order valence-electron chi connectivity index (χ3n) is 2.57. The smallest absolute Gasteiger partial charge is 0.274 e. The molecule has 0 aromatic carbocycles. The maximum Gasteiger partial charge on any atom is 0.324 e. The summed E-state index contributed by atoms with van der Waals surface area (Å²) in [7, 11) is 1.18. The van der Waals surface area contributed by atoms with E-state index in [4.69, 9.17) is 10.7 Å². The number of carbonyl (C=O) groups excluding carboxylic acids is 1. The van der Waals surface area contributed by atoms with Gasteiger partial charge in [0.15, 0.2) is 0 Å². The highest BCUT2D eigenvalue weighted by molar-refractivity contribution is 8.12. The average molecular weight is 261 g/mol. The second kappa shape index (κ2) is 3.71. The predicted octanol–water partition coefficient (Wildman–Crippen LogP) is 1.15. The van der Waals surface area contributed by atoms with Crippen LogP contribution in [0.1, 0.15) is 23.6 Å². The molecule has 0 spiro atoms. The van der Waals surface area contributed by atoms with Gasteiger partial charge in [0.25, 0.3) is 0 Å². The number of aromatic nitrogens is 1. The number of hydrogen-bond donors (Lipinski definition) is 0. The number of carbonyl (C=O) groups is 1. The lowest BCUT2D eigenvalue weighted by Crippen LogP contribution is -2.48. The van der Waals surface area contributed by atoms with Crippen LogP contribution in [0.2, 0.25) is 0 Å². The Hall–Kier alpha value is -1.14. The molecular formula is C9H9ClN2O3S. The standard InChI is InChI=1S/C9H9ClN2O3S/c1-6-2-3-11-5-7(6)8-4-9(13)12(8)16(10,14)15/h2-3,5,8H,4H2,1H3. The van der Waals surface area contributed by atoms with Crippen LogP contribution in [0.3, 0.4) is 0 Å². The Balaban J connectivity index is 2.38. The normalized spacial score (nSPS) is 20.8. The zero-order chi connectivity index (χ0) is 11.9. The molecule has 0 radical (unpaired) electrons. The number of aryl methyl sites for hydroxylation is 1. The highest BCUT2D eigenvalue weighted by Crippen LogP contribution is 2.38. The van der Waals surface area contributed by atoms with Crippen LogP contribution < -0.4 is 0 Å². The highest BCUT2D eigenvalue weighted by atomic mass is 35.7. The van der Waals surface area contributed by atoms with Gasteiger partial charge in [0.2, 0.25) is 5.91 Å². The molecule has 0 N–H and O–H groups in total. The maximum absolute atomic E-state index is 11.2. The van der Waals surface area contributed by atoms with Crippen molar-refractivity contribution in [2.45, 2.75) is 19.4 Å². The van der Waals surface area contributed by atoms with Crippen LogP contribution in [0.4, 0.5) is 0 Å². The third kappa shape index (κ3) is 1.78. The number of nitrogens with zero attached hydrogens (tertiary/aromatic N) is 2. The van der Waals surface area contributed by atoms with Gasteiger partial charge in [-0.1, -0.05) is 0 Å². The fourth-order valence-corrected chi connectivity index (χ4v) is 3.06. The summed E-state index contributed by atoms with van der Waals surface area (Å²) in [6.07, 6.45) is 3.32. The van der Waals surface area contributed by atoms with Crippen LogP contribution in [0.25, 0.3) is 0 Å². The van der Waals surface area contributed by atoms with E-state index in [0.29, 0.717) is 9.87 Å². The molecular weight excluding hydrogens is 252 g/mol. The van der Waals surface area contributed by atoms with Crippen molar-refractivity contribution < 1.29 is 13.2 Å². The topological polar surface area (TPSA) is 67.3 Å². The zero-order valence-electron chi connectivity index (χ0n) is 8.42. The summed E-state index contributed by atoms with van der Waals surface area (Å²) in [4.78, 5) is 15.1. The van der Waals surface area contributed by atoms with Crippen LogP contribution in [0.5, 0.6) is 0 Å². The molecule has 1 unspecified atom stereocenters. The van der Waals surface area contributed by atoms with Crippen LogP contribution in [0, 0.1) is 6.92 Å². The predicted molar refractivity (Wildman–Crippen MR) is 58.0 cm³/mol. The lowest BCUT2D eigenvalue weighted by atomic mass is 9.95. The molecule has 1 atom stereocenters. The van der Waals surface area contributed by atoms with Crippen molar-refractivity contribution in [3.8, 4) is 0 Å². The van der Waals surface area contributed by atoms with Crippen LogP contribution in [-0.2, 0) is 14.0 Å². The van der Waals surface area contributed by atoms with Crippen molar-refractivity contribution in [1.82, 2.24) is 9.29 Å². The van der Waals surface area contributed by atoms with Crippen LogP contribution >= 0.6 is 10.7 Å². The van der Waals surface area contributed by atoms with Gasteiger partial charge in [-0.05, 0) is 24.1 Å². The van der Waals surface area contributed by atoms with E-state index in [9.17, 15) is 13.2 Å². The maximum atomic E-state index is 11.2. The van der Waals surface area contributed by atoms with E-state index in [-0.39, 0.29) is 6.42 Å². The first-order valence-electron chi connectivity index (χ1n) is 4.58. The van der Waals surface area contributed by atoms with Crippen molar-refractivity contribution >= 4 is 25.8 Å². The van der Waals surface area contributed by atoms with E-state index in [0.717, 1.165) is 5.56 Å². The third-order valence-corrected chi connectivity index (χ3v) is 3.94. The first kappa shape index (κ1) is 11.3. The summed E-state index contributed by atoms with van der Waals surface area (Å²) in [6, 6.07) is 1.25. The second-order valence-corrected chi connectivity index (χ2v) is 5.97. The quantitative estimate of drug-likeness (QED) is 0.591. The van der Waals surface area contributed by atoms with Crippen molar-refractivity contribution in [3.05, 3.63) is 29.6 Å². The number of pyridine rings is 1. The largest absolute Gasteiger partial charge is 0.324 e. The number of β-lactam (4-membered cyclic amide) rings is 1. The molecule has 1 aromatic rings. The molecule has 0 aliphatic carbocycles. The fraction of sp³-hybridized carbons (Fsp3) is 0.333. The Morgan fingerprint density at radius 2 is 2.25 bits per heavy atom. The van der Waals surface area contributed by atoms with Crippen molar-refractivity contribution in [2.75, 3.05) is 0 Å². The lowest BCUT2D eigenvalue weighted by molar-refractivity contribution is -0.137. The zero-order valence-corrected chi connectivity index (χ0v) is 9.99. The monoisotopic (exact) mass is 260 g/mol. The Labute approximate surface area is 97.6 Å². The molecule has 16 heavy (non-hydrogen) atoms. The molecule has 1 aliphatic heterocycles. The summed E-state index contributed by atoms with van der Waals surface area (Å²) in [5, 5.41) is 0. The van der Waals surface area contributed by atoms with Crippen LogP contribution in [-0.4, -0.2) is 23.6 Å². The Morgan fingerprint density at radius 1 is 1.56 bits per heavy atom. The number of halogens is 1. The molecule has 1 aliphatic rings. The lowest BCUT2D eigenvalue weighted by Gasteiger charge is -2.37. The van der Waals surface area contributed by atoms with Gasteiger partial charge < -0.3 is 0 Å². The van der Waals surface area contributed by atoms with Gasteiger partial charge in [-0.15, -0.1) is 0 Å². The minimum absolute atomic E-state index is 0.151. The Kier molecular flexibility index (Phi) is 2.63. The summed E-state index contributed by atoms with van der Waals surface area (Å²) in [6.45, 7) is 1.83. The summed E-state index contributed by atoms with van der Waals surface area (Å²) >= 11 is 0. The number of amides is 1. The van der Waals surface area contributed by atoms with Gasteiger partial charge in [0.05, 0.1) is 12.5 Å². The van der Waals surface area contributed by atoms with E-state index in [1.54, 1.807) is 18.5 Å². The van der Waals surface area contributed by atoms with E-state index in [1.165, 1.54) is 0 Å². The first-order valence-corrected chi connectivity index (χ1v) is 6.85. The molecule has 2 rings (SSSR count). The van der Waals surface area contributed by atoms with Crippen LogP contribution in [0.15, 0.2) is 18.5 Å². The van der Waals surface area contributed by atoms with Gasteiger partial charge in [-0.2, -0.15) is 8.42 Å². The van der Waals surface area contributed by atoms with Gasteiger partial charge in [-0.25, -0.2) is 4.31 Å². The van der Waals surface area contributed by atoms with Gasteiger partial charge in [0, 0.05) is 23.1 Å². The summed E-state index contributed by atoms with van der Waals surface area (Å²) < 4.78 is 23.0. The summed E-state index contributed by atoms with van der Waals surface area (Å²) in [5.41, 5.74) is 1.60. The molecule has 86 valence electrons. The van der Waals surface area contributed by atoms with Gasteiger partial charge >= 0.3 is 9.24 Å². The molecule has 1 fully saturated rings. The highest BCUT2D eigenvalue weighted by Gasteiger charge is 2.45. The minimum atomic E-state index is -4.00. The van der Waals surface area contributed by atoms with E-state index in [1.807, 2.05) is 6.92 Å². The van der Waals surface area contributed by atoms with E-state index >= 15 is 0 Å². The minimum Gasteiger partial charge on any atom is -0.274 e. The molecule has 7 heteroatoms. The molecule has 1 amide bonds. The summed E-state index contributed by atoms with van der Waals surface area (Å²) in [5.74, 6) is -0.483. The Morgan fingerprint density at radius 3 is 2.75 bits per heavy atom. The number of rotatable bonds is 2. The average Bonchev–Trinajstić information content (AvgIpc) is 2.12. The molecule has 1 aromatic heterocycles. The number of hydrogen-bond acceptors (Lipinski definition) is 4. The Bertz CT molecular complexity index is 543. The molecule has 5 nitrogen and oxygen atoms in total. The molecule has 2 heterocycles. The van der Waals surface area contributed by atoms with E-state index < -0.39 is 21.2 Å². The molecule has 1 saturated heterocycles. The van der Waals surface area contributed by atoms with Gasteiger partial charge in [0.1, 0.15) is 0 Å². The van der Waals surface area contributed by atoms with Gasteiger partial charge in [-0.3, -0.25) is 9.78 Å². The van der Waals surface area contributed by atoms with Crippen molar-refractivity contribution in [1.29, 1.82) is 0 Å². The molecule has 0 bridgehead atoms. The second-order valence-electron chi connectivity index (χ2n) is 3.58.